The molecule has 0 aliphatic rings. The van der Waals surface area contributed by atoms with Gasteiger partial charge in [-0.05, 0) is 34.0 Å². The summed E-state index contributed by atoms with van der Waals surface area (Å²) in [5.74, 6) is -0.392. The number of hydrogen-bond donors (Lipinski definition) is 3. The molecule has 0 spiro atoms. The van der Waals surface area contributed by atoms with Crippen molar-refractivity contribution in [3.8, 4) is 5.75 Å². The number of rotatable bonds is 6. The molecule has 0 saturated carbocycles. The van der Waals surface area contributed by atoms with Gasteiger partial charge in [0.15, 0.2) is 0 Å². The Labute approximate surface area is 125 Å². The summed E-state index contributed by atoms with van der Waals surface area (Å²) in [5, 5.41) is 13.9. The smallest absolute Gasteiger partial charge is 0.319 e. The Balaban J connectivity index is 2.48. The highest BCUT2D eigenvalue weighted by molar-refractivity contribution is 9.10. The highest BCUT2D eigenvalue weighted by Crippen LogP contribution is 2.27. The average molecular weight is 345 g/mol. The predicted octanol–water partition coefficient (Wildman–Crippen LogP) is 2.69. The largest absolute Gasteiger partial charge is 0.495 e. The normalized spacial score (nSPS) is 11.6. The van der Waals surface area contributed by atoms with E-state index in [1.54, 1.807) is 25.1 Å². The van der Waals surface area contributed by atoms with Gasteiger partial charge in [0.25, 0.3) is 0 Å². The molecule has 20 heavy (non-hydrogen) atoms. The van der Waals surface area contributed by atoms with E-state index < -0.39 is 5.97 Å². The number of carboxylic acid groups (broad SMARTS) is 1. The first-order valence-electron chi connectivity index (χ1n) is 6.02. The zero-order valence-corrected chi connectivity index (χ0v) is 12.9. The first-order chi connectivity index (χ1) is 9.42. The molecule has 0 heterocycles. The Hall–Kier alpha value is -1.76. The van der Waals surface area contributed by atoms with Crippen molar-refractivity contribution < 1.29 is 19.4 Å². The standard InChI is InChI=1S/C13H17BrN2O4/c1-8(5-12(17)18)7-15-13(19)16-9-3-4-10(14)11(6-9)20-2/h3-4,6,8H,5,7H2,1-2H3,(H,17,18)(H2,15,16,19). The maximum Gasteiger partial charge on any atom is 0.319 e. The molecule has 0 radical (unpaired) electrons. The summed E-state index contributed by atoms with van der Waals surface area (Å²) >= 11 is 3.32. The number of amides is 2. The van der Waals surface area contributed by atoms with Crippen molar-refractivity contribution >= 4 is 33.6 Å². The Morgan fingerprint density at radius 2 is 2.15 bits per heavy atom. The second-order valence-electron chi connectivity index (χ2n) is 4.39. The van der Waals surface area contributed by atoms with E-state index in [0.717, 1.165) is 4.47 Å². The van der Waals surface area contributed by atoms with Crippen LogP contribution in [0.2, 0.25) is 0 Å². The van der Waals surface area contributed by atoms with Crippen LogP contribution in [0.3, 0.4) is 0 Å². The fraction of sp³-hybridized carbons (Fsp3) is 0.385. The van der Waals surface area contributed by atoms with Crippen molar-refractivity contribution in [2.24, 2.45) is 5.92 Å². The Bertz CT molecular complexity index is 493. The number of nitrogens with one attached hydrogen (secondary N) is 2. The number of methoxy groups -OCH3 is 1. The monoisotopic (exact) mass is 344 g/mol. The predicted molar refractivity (Wildman–Crippen MR) is 79.1 cm³/mol. The summed E-state index contributed by atoms with van der Waals surface area (Å²) in [6.07, 6.45) is 0.0202. The molecule has 0 aliphatic heterocycles. The number of carboxylic acids is 1. The lowest BCUT2D eigenvalue weighted by atomic mass is 10.1. The van der Waals surface area contributed by atoms with Crippen LogP contribution in [-0.4, -0.2) is 30.8 Å². The van der Waals surface area contributed by atoms with Gasteiger partial charge >= 0.3 is 12.0 Å². The van der Waals surface area contributed by atoms with Gasteiger partial charge in [0.2, 0.25) is 0 Å². The molecule has 1 unspecified atom stereocenters. The van der Waals surface area contributed by atoms with Crippen LogP contribution in [0.5, 0.6) is 5.75 Å². The number of benzene rings is 1. The van der Waals surface area contributed by atoms with Crippen LogP contribution < -0.4 is 15.4 Å². The molecule has 1 atom stereocenters. The number of ether oxygens (including phenoxy) is 1. The van der Waals surface area contributed by atoms with Crippen LogP contribution in [0.1, 0.15) is 13.3 Å². The Morgan fingerprint density at radius 3 is 2.75 bits per heavy atom. The lowest BCUT2D eigenvalue weighted by molar-refractivity contribution is -0.137. The van der Waals surface area contributed by atoms with Gasteiger partial charge in [0, 0.05) is 24.7 Å². The minimum Gasteiger partial charge on any atom is -0.495 e. The number of aliphatic carboxylic acids is 1. The lowest BCUT2D eigenvalue weighted by Crippen LogP contribution is -2.32. The molecule has 6 nitrogen and oxygen atoms in total. The lowest BCUT2D eigenvalue weighted by Gasteiger charge is -2.12. The van der Waals surface area contributed by atoms with E-state index in [2.05, 4.69) is 26.6 Å². The van der Waals surface area contributed by atoms with Gasteiger partial charge in [-0.1, -0.05) is 6.92 Å². The van der Waals surface area contributed by atoms with E-state index in [9.17, 15) is 9.59 Å². The third kappa shape index (κ3) is 5.48. The van der Waals surface area contributed by atoms with Crippen molar-refractivity contribution in [3.63, 3.8) is 0 Å². The van der Waals surface area contributed by atoms with Gasteiger partial charge in [-0.25, -0.2) is 4.79 Å². The van der Waals surface area contributed by atoms with Gasteiger partial charge in [0.1, 0.15) is 5.75 Å². The maximum atomic E-state index is 11.7. The zero-order valence-electron chi connectivity index (χ0n) is 11.3. The molecular formula is C13H17BrN2O4. The minimum atomic E-state index is -0.877. The molecule has 110 valence electrons. The number of halogens is 1. The fourth-order valence-corrected chi connectivity index (χ4v) is 1.96. The summed E-state index contributed by atoms with van der Waals surface area (Å²) in [7, 11) is 1.54. The van der Waals surface area contributed by atoms with Crippen LogP contribution in [0.4, 0.5) is 10.5 Å². The van der Waals surface area contributed by atoms with Gasteiger partial charge in [-0.15, -0.1) is 0 Å². The Morgan fingerprint density at radius 1 is 1.45 bits per heavy atom. The summed E-state index contributed by atoms with van der Waals surface area (Å²) in [6, 6.07) is 4.80. The zero-order chi connectivity index (χ0) is 15.1. The molecule has 1 aromatic carbocycles. The van der Waals surface area contributed by atoms with E-state index in [4.69, 9.17) is 9.84 Å². The molecular weight excluding hydrogens is 328 g/mol. The first kappa shape index (κ1) is 16.3. The molecule has 0 saturated heterocycles. The fourth-order valence-electron chi connectivity index (χ4n) is 1.55. The maximum absolute atomic E-state index is 11.7. The summed E-state index contributed by atoms with van der Waals surface area (Å²) < 4.78 is 5.92. The van der Waals surface area contributed by atoms with E-state index in [-0.39, 0.29) is 18.4 Å². The van der Waals surface area contributed by atoms with Crippen molar-refractivity contribution in [1.82, 2.24) is 5.32 Å². The highest BCUT2D eigenvalue weighted by atomic mass is 79.9. The van der Waals surface area contributed by atoms with Crippen LogP contribution in [0.15, 0.2) is 22.7 Å². The van der Waals surface area contributed by atoms with Gasteiger partial charge in [-0.2, -0.15) is 0 Å². The SMILES string of the molecule is COc1cc(NC(=O)NCC(C)CC(=O)O)ccc1Br. The third-order valence-electron chi connectivity index (χ3n) is 2.54. The van der Waals surface area contributed by atoms with E-state index in [0.29, 0.717) is 18.0 Å². The quantitative estimate of drug-likeness (QED) is 0.740. The molecule has 1 aromatic rings. The molecule has 0 fully saturated rings. The van der Waals surface area contributed by atoms with Crippen LogP contribution in [0.25, 0.3) is 0 Å². The van der Waals surface area contributed by atoms with Crippen LogP contribution >= 0.6 is 15.9 Å². The highest BCUT2D eigenvalue weighted by Gasteiger charge is 2.10. The third-order valence-corrected chi connectivity index (χ3v) is 3.20. The second kappa shape index (κ2) is 7.74. The summed E-state index contributed by atoms with van der Waals surface area (Å²) in [5.41, 5.74) is 0.591. The van der Waals surface area contributed by atoms with E-state index in [1.807, 2.05) is 0 Å². The van der Waals surface area contributed by atoms with Gasteiger partial charge < -0.3 is 20.5 Å². The topological polar surface area (TPSA) is 87.7 Å². The Kier molecular flexibility index (Phi) is 6.30. The number of hydrogen-bond acceptors (Lipinski definition) is 3. The molecule has 0 aliphatic carbocycles. The van der Waals surface area contributed by atoms with E-state index >= 15 is 0 Å². The van der Waals surface area contributed by atoms with Crippen molar-refractivity contribution in [3.05, 3.63) is 22.7 Å². The first-order valence-corrected chi connectivity index (χ1v) is 6.82. The molecule has 0 aromatic heterocycles. The summed E-state index contributed by atoms with van der Waals surface area (Å²) in [4.78, 5) is 22.2. The van der Waals surface area contributed by atoms with E-state index in [1.165, 1.54) is 7.11 Å². The van der Waals surface area contributed by atoms with Gasteiger partial charge in [0.05, 0.1) is 11.6 Å². The molecule has 2 amide bonds. The van der Waals surface area contributed by atoms with Crippen molar-refractivity contribution in [1.29, 1.82) is 0 Å². The number of anilines is 1. The number of carbonyl (C=O) groups excluding carboxylic acids is 1. The van der Waals surface area contributed by atoms with Crippen LogP contribution in [-0.2, 0) is 4.79 Å². The second-order valence-corrected chi connectivity index (χ2v) is 5.24. The number of urea groups is 1. The molecule has 3 N–H and O–H groups in total. The molecule has 1 rings (SSSR count). The molecule has 7 heteroatoms. The van der Waals surface area contributed by atoms with Crippen molar-refractivity contribution in [2.75, 3.05) is 19.0 Å². The molecule has 0 bridgehead atoms. The van der Waals surface area contributed by atoms with Crippen LogP contribution in [0, 0.1) is 5.92 Å². The minimum absolute atomic E-state index is 0.0202. The van der Waals surface area contributed by atoms with Crippen molar-refractivity contribution in [2.45, 2.75) is 13.3 Å². The van der Waals surface area contributed by atoms with Gasteiger partial charge in [-0.3, -0.25) is 4.79 Å². The number of carbonyl (C=O) groups is 2. The summed E-state index contributed by atoms with van der Waals surface area (Å²) in [6.45, 7) is 2.06. The average Bonchev–Trinajstić information content (AvgIpc) is 2.38.